The van der Waals surface area contributed by atoms with E-state index in [1.165, 1.54) is 12.1 Å². The van der Waals surface area contributed by atoms with Crippen molar-refractivity contribution in [1.82, 2.24) is 4.90 Å². The normalized spacial score (nSPS) is 13.1. The topological polar surface area (TPSA) is 40.5 Å². The number of nitrogens with zero attached hydrogens (tertiary/aromatic N) is 1. The zero-order valence-corrected chi connectivity index (χ0v) is 12.3. The van der Waals surface area contributed by atoms with E-state index in [9.17, 15) is 9.18 Å². The Morgan fingerprint density at radius 3 is 2.65 bits per heavy atom. The highest BCUT2D eigenvalue weighted by atomic mass is 19.1. The third-order valence-electron chi connectivity index (χ3n) is 3.49. The molecule has 0 saturated carbocycles. The molecule has 1 atom stereocenters. The number of carboxylic acid groups (broad SMARTS) is 1. The van der Waals surface area contributed by atoms with Crippen molar-refractivity contribution in [3.63, 3.8) is 0 Å². The average molecular weight is 279 g/mol. The van der Waals surface area contributed by atoms with Gasteiger partial charge in [0.25, 0.3) is 0 Å². The molecule has 1 aromatic rings. The Morgan fingerprint density at radius 1 is 1.45 bits per heavy atom. The molecule has 0 amide bonds. The number of aliphatic carboxylic acids is 1. The number of halogens is 1. The minimum Gasteiger partial charge on any atom is -0.478 e. The highest BCUT2D eigenvalue weighted by Gasteiger charge is 2.13. The molecule has 20 heavy (non-hydrogen) atoms. The van der Waals surface area contributed by atoms with Crippen LogP contribution in [0.2, 0.25) is 0 Å². The van der Waals surface area contributed by atoms with Gasteiger partial charge in [0.05, 0.1) is 0 Å². The molecule has 1 N–H and O–H groups in total. The molecule has 0 heterocycles. The van der Waals surface area contributed by atoms with Gasteiger partial charge in [-0.3, -0.25) is 4.90 Å². The lowest BCUT2D eigenvalue weighted by Crippen LogP contribution is -2.32. The van der Waals surface area contributed by atoms with Crippen LogP contribution >= 0.6 is 0 Å². The molecule has 0 aliphatic rings. The van der Waals surface area contributed by atoms with Crippen molar-refractivity contribution in [2.45, 2.75) is 39.8 Å². The van der Waals surface area contributed by atoms with E-state index in [0.717, 1.165) is 19.0 Å². The number of hydrogen-bond acceptors (Lipinski definition) is 2. The highest BCUT2D eigenvalue weighted by Crippen LogP contribution is 2.16. The highest BCUT2D eigenvalue weighted by molar-refractivity contribution is 5.85. The lowest BCUT2D eigenvalue weighted by molar-refractivity contribution is -0.131. The minimum atomic E-state index is -1.04. The molecule has 3 nitrogen and oxygen atoms in total. The van der Waals surface area contributed by atoms with E-state index in [1.807, 2.05) is 0 Å². The van der Waals surface area contributed by atoms with Gasteiger partial charge in [0.1, 0.15) is 5.82 Å². The van der Waals surface area contributed by atoms with Gasteiger partial charge in [-0.25, -0.2) is 9.18 Å². The summed E-state index contributed by atoms with van der Waals surface area (Å²) in [5, 5.41) is 8.55. The molecule has 0 fully saturated rings. The molecule has 110 valence electrons. The van der Waals surface area contributed by atoms with Crippen LogP contribution in [0.3, 0.4) is 0 Å². The molecule has 0 spiro atoms. The number of carboxylic acids is 1. The molecule has 0 saturated heterocycles. The van der Waals surface area contributed by atoms with Crippen LogP contribution in [0.15, 0.2) is 24.3 Å². The maximum absolute atomic E-state index is 14.0. The largest absolute Gasteiger partial charge is 0.478 e. The summed E-state index contributed by atoms with van der Waals surface area (Å²) in [4.78, 5) is 12.6. The van der Waals surface area contributed by atoms with Gasteiger partial charge in [-0.2, -0.15) is 0 Å². The first-order chi connectivity index (χ1) is 9.47. The van der Waals surface area contributed by atoms with Crippen LogP contribution in [-0.4, -0.2) is 28.6 Å². The Morgan fingerprint density at radius 2 is 2.15 bits per heavy atom. The fourth-order valence-electron chi connectivity index (χ4n) is 2.02. The third-order valence-corrected chi connectivity index (χ3v) is 3.49. The molecule has 0 bridgehead atoms. The van der Waals surface area contributed by atoms with E-state index in [4.69, 9.17) is 5.11 Å². The van der Waals surface area contributed by atoms with Crippen molar-refractivity contribution >= 4 is 12.0 Å². The molecule has 1 unspecified atom stereocenters. The molecule has 0 aliphatic carbocycles. The van der Waals surface area contributed by atoms with Gasteiger partial charge in [0, 0.05) is 24.2 Å². The van der Waals surface area contributed by atoms with Gasteiger partial charge in [-0.15, -0.1) is 0 Å². The SMILES string of the molecule is CCC(C)N(CC)Cc1ccc(C=CC(=O)O)cc1F. The fourth-order valence-corrected chi connectivity index (χ4v) is 2.02. The van der Waals surface area contributed by atoms with Gasteiger partial charge in [-0.1, -0.05) is 26.0 Å². The minimum absolute atomic E-state index is 0.292. The van der Waals surface area contributed by atoms with Crippen LogP contribution in [0.5, 0.6) is 0 Å². The predicted octanol–water partition coefficient (Wildman–Crippen LogP) is 3.54. The molecule has 0 aliphatic heterocycles. The van der Waals surface area contributed by atoms with Crippen LogP contribution in [0.1, 0.15) is 38.3 Å². The van der Waals surface area contributed by atoms with Gasteiger partial charge >= 0.3 is 5.97 Å². The van der Waals surface area contributed by atoms with Crippen LogP contribution in [0.25, 0.3) is 6.08 Å². The van der Waals surface area contributed by atoms with Crippen molar-refractivity contribution in [2.24, 2.45) is 0 Å². The van der Waals surface area contributed by atoms with E-state index in [1.54, 1.807) is 12.1 Å². The maximum Gasteiger partial charge on any atom is 0.328 e. The first-order valence-corrected chi connectivity index (χ1v) is 6.91. The van der Waals surface area contributed by atoms with E-state index in [-0.39, 0.29) is 5.82 Å². The van der Waals surface area contributed by atoms with Crippen molar-refractivity contribution in [3.05, 3.63) is 41.2 Å². The Bertz CT molecular complexity index is 485. The summed E-state index contributed by atoms with van der Waals surface area (Å²) in [7, 11) is 0. The summed E-state index contributed by atoms with van der Waals surface area (Å²) in [5.74, 6) is -1.33. The summed E-state index contributed by atoms with van der Waals surface area (Å²) >= 11 is 0. The Kier molecular flexibility index (Phi) is 6.39. The van der Waals surface area contributed by atoms with E-state index in [2.05, 4.69) is 25.7 Å². The van der Waals surface area contributed by atoms with Crippen molar-refractivity contribution < 1.29 is 14.3 Å². The van der Waals surface area contributed by atoms with Crippen LogP contribution in [-0.2, 0) is 11.3 Å². The fraction of sp³-hybridized carbons (Fsp3) is 0.438. The quantitative estimate of drug-likeness (QED) is 0.776. The third kappa shape index (κ3) is 4.78. The zero-order valence-electron chi connectivity index (χ0n) is 12.3. The van der Waals surface area contributed by atoms with Crippen molar-refractivity contribution in [1.29, 1.82) is 0 Å². The van der Waals surface area contributed by atoms with E-state index in [0.29, 0.717) is 23.7 Å². The second-order valence-electron chi connectivity index (χ2n) is 4.84. The van der Waals surface area contributed by atoms with Crippen molar-refractivity contribution in [2.75, 3.05) is 6.54 Å². The molecular formula is C16H22FNO2. The zero-order chi connectivity index (χ0) is 15.1. The number of hydrogen-bond donors (Lipinski definition) is 1. The molecular weight excluding hydrogens is 257 g/mol. The lowest BCUT2D eigenvalue weighted by Gasteiger charge is -2.27. The van der Waals surface area contributed by atoms with Crippen LogP contribution in [0.4, 0.5) is 4.39 Å². The standard InChI is InChI=1S/C16H22FNO2/c1-4-12(3)18(5-2)11-14-8-6-13(10-15(14)17)7-9-16(19)20/h6-10,12H,4-5,11H2,1-3H3,(H,19,20). The second kappa shape index (κ2) is 7.80. The molecule has 1 aromatic carbocycles. The molecule has 1 rings (SSSR count). The molecule has 4 heteroatoms. The number of carbonyl (C=O) groups is 1. The lowest BCUT2D eigenvalue weighted by atomic mass is 10.1. The van der Waals surface area contributed by atoms with Crippen molar-refractivity contribution in [3.8, 4) is 0 Å². The molecule has 0 aromatic heterocycles. The van der Waals surface area contributed by atoms with Gasteiger partial charge in [0.2, 0.25) is 0 Å². The first kappa shape index (κ1) is 16.4. The number of benzene rings is 1. The summed E-state index contributed by atoms with van der Waals surface area (Å²) in [6, 6.07) is 5.25. The Balaban J connectivity index is 2.85. The summed E-state index contributed by atoms with van der Waals surface area (Å²) in [5.41, 5.74) is 1.19. The smallest absolute Gasteiger partial charge is 0.328 e. The second-order valence-corrected chi connectivity index (χ2v) is 4.84. The Hall–Kier alpha value is -1.68. The summed E-state index contributed by atoms with van der Waals surface area (Å²) in [6.45, 7) is 7.75. The van der Waals surface area contributed by atoms with Gasteiger partial charge in [0.15, 0.2) is 0 Å². The summed E-state index contributed by atoms with van der Waals surface area (Å²) < 4.78 is 14.0. The number of rotatable bonds is 7. The van der Waals surface area contributed by atoms with E-state index >= 15 is 0 Å². The van der Waals surface area contributed by atoms with E-state index < -0.39 is 5.97 Å². The average Bonchev–Trinajstić information content (AvgIpc) is 2.43. The maximum atomic E-state index is 14.0. The molecule has 0 radical (unpaired) electrons. The summed E-state index contributed by atoms with van der Waals surface area (Å²) in [6.07, 6.45) is 3.42. The Labute approximate surface area is 119 Å². The predicted molar refractivity (Wildman–Crippen MR) is 78.9 cm³/mol. The first-order valence-electron chi connectivity index (χ1n) is 6.91. The van der Waals surface area contributed by atoms with Gasteiger partial charge in [-0.05, 0) is 37.6 Å². The van der Waals surface area contributed by atoms with Crippen LogP contribution in [0, 0.1) is 5.82 Å². The van der Waals surface area contributed by atoms with Crippen LogP contribution < -0.4 is 0 Å². The van der Waals surface area contributed by atoms with Gasteiger partial charge < -0.3 is 5.11 Å². The monoisotopic (exact) mass is 279 g/mol.